The van der Waals surface area contributed by atoms with E-state index >= 15 is 0 Å². The number of amides is 1. The van der Waals surface area contributed by atoms with Gasteiger partial charge in [-0.1, -0.05) is 60.7 Å². The van der Waals surface area contributed by atoms with Gasteiger partial charge in [0.05, 0.1) is 0 Å². The lowest BCUT2D eigenvalue weighted by atomic mass is 9.72. The van der Waals surface area contributed by atoms with Crippen LogP contribution in [0, 0.1) is 0 Å². The van der Waals surface area contributed by atoms with E-state index in [2.05, 4.69) is 0 Å². The molecule has 0 fully saturated rings. The van der Waals surface area contributed by atoms with Crippen LogP contribution in [0.25, 0.3) is 0 Å². The van der Waals surface area contributed by atoms with Gasteiger partial charge >= 0.3 is 5.97 Å². The highest BCUT2D eigenvalue weighted by Gasteiger charge is 2.69. The fourth-order valence-corrected chi connectivity index (χ4v) is 2.75. The van der Waals surface area contributed by atoms with Crippen LogP contribution in [0.1, 0.15) is 20.7 Å². The van der Waals surface area contributed by atoms with E-state index in [9.17, 15) is 34.5 Å². The van der Waals surface area contributed by atoms with Gasteiger partial charge in [-0.15, -0.1) is 0 Å². The molecule has 0 saturated heterocycles. The number of hydrogen-bond donors (Lipinski definition) is 3. The van der Waals surface area contributed by atoms with Crippen LogP contribution in [0.5, 0.6) is 0 Å². The summed E-state index contributed by atoms with van der Waals surface area (Å²) in [4.78, 5) is 51.4. The molecule has 0 aromatic heterocycles. The first-order chi connectivity index (χ1) is 13.1. The van der Waals surface area contributed by atoms with Gasteiger partial charge in [0.15, 0.2) is 0 Å². The summed E-state index contributed by atoms with van der Waals surface area (Å²) < 4.78 is 0. The summed E-state index contributed by atoms with van der Waals surface area (Å²) in [6.07, 6.45) is 0. The second-order valence-electron chi connectivity index (χ2n) is 6.32. The maximum absolute atomic E-state index is 13.0. The van der Waals surface area contributed by atoms with Crippen LogP contribution in [-0.4, -0.2) is 69.0 Å². The third-order valence-electron chi connectivity index (χ3n) is 4.28. The van der Waals surface area contributed by atoms with Crippen molar-refractivity contribution >= 4 is 23.4 Å². The minimum atomic E-state index is -3.76. The Kier molecular flexibility index (Phi) is 5.77. The topological polar surface area (TPSA) is 132 Å². The van der Waals surface area contributed by atoms with Gasteiger partial charge in [0.1, 0.15) is 0 Å². The number of ketones is 2. The van der Waals surface area contributed by atoms with Crippen LogP contribution >= 0.6 is 0 Å². The molecule has 0 aliphatic carbocycles. The zero-order chi connectivity index (χ0) is 21.1. The number of likely N-dealkylation sites (N-methyl/N-ethyl adjacent to an activating group) is 1. The first-order valence-electron chi connectivity index (χ1n) is 8.18. The minimum Gasteiger partial charge on any atom is -0.479 e. The Balaban J connectivity index is 2.78. The molecule has 0 aliphatic heterocycles. The number of Topliss-reactive ketones (excluding diaryl/α,β-unsaturated/α-hetero) is 2. The Hall–Kier alpha value is -3.36. The summed E-state index contributed by atoms with van der Waals surface area (Å²) in [5.74, 6) is -6.59. The van der Waals surface area contributed by atoms with Gasteiger partial charge in [0.2, 0.25) is 11.6 Å². The molecule has 0 heterocycles. The Morgan fingerprint density at radius 2 is 1.07 bits per heavy atom. The van der Waals surface area contributed by atoms with Crippen LogP contribution < -0.4 is 0 Å². The van der Waals surface area contributed by atoms with Crippen molar-refractivity contribution in [3.8, 4) is 0 Å². The van der Waals surface area contributed by atoms with Crippen molar-refractivity contribution in [2.75, 3.05) is 14.1 Å². The molecule has 2 aromatic carbocycles. The third-order valence-corrected chi connectivity index (χ3v) is 4.28. The molecule has 2 atom stereocenters. The SMILES string of the molecule is CN(C)C(=O)[C@@](O)(C(=O)c1ccccc1)[C@@](O)(C(=O)O)C(=O)c1ccccc1. The highest BCUT2D eigenvalue weighted by Crippen LogP contribution is 2.32. The van der Waals surface area contributed by atoms with Crippen molar-refractivity contribution in [1.82, 2.24) is 4.90 Å². The summed E-state index contributed by atoms with van der Waals surface area (Å²) in [5.41, 5.74) is -7.90. The van der Waals surface area contributed by atoms with Gasteiger partial charge in [0, 0.05) is 25.2 Å². The zero-order valence-corrected chi connectivity index (χ0v) is 15.2. The molecule has 0 saturated carbocycles. The van der Waals surface area contributed by atoms with Crippen molar-refractivity contribution in [1.29, 1.82) is 0 Å². The van der Waals surface area contributed by atoms with Crippen molar-refractivity contribution < 1.29 is 34.5 Å². The average Bonchev–Trinajstić information content (AvgIpc) is 2.71. The van der Waals surface area contributed by atoms with E-state index in [4.69, 9.17) is 0 Å². The van der Waals surface area contributed by atoms with E-state index in [1.54, 1.807) is 12.1 Å². The summed E-state index contributed by atoms with van der Waals surface area (Å²) >= 11 is 0. The van der Waals surface area contributed by atoms with E-state index in [1.807, 2.05) is 0 Å². The summed E-state index contributed by atoms with van der Waals surface area (Å²) in [6.45, 7) is 0. The van der Waals surface area contributed by atoms with Crippen molar-refractivity contribution in [3.63, 3.8) is 0 Å². The summed E-state index contributed by atoms with van der Waals surface area (Å²) in [7, 11) is 2.31. The van der Waals surface area contributed by atoms with Crippen LogP contribution in [0.3, 0.4) is 0 Å². The Bertz CT molecular complexity index is 911. The molecule has 0 radical (unpaired) electrons. The number of benzene rings is 2. The molecule has 2 rings (SSSR count). The normalized spacial score (nSPS) is 15.0. The number of carboxylic acid groups (broad SMARTS) is 1. The fraction of sp³-hybridized carbons (Fsp3) is 0.200. The van der Waals surface area contributed by atoms with Gasteiger partial charge in [-0.25, -0.2) is 4.79 Å². The van der Waals surface area contributed by atoms with Crippen LogP contribution in [0.2, 0.25) is 0 Å². The third kappa shape index (κ3) is 3.19. The molecule has 0 aliphatic rings. The number of aliphatic carboxylic acids is 1. The molecular weight excluding hydrogens is 366 g/mol. The molecule has 2 aromatic rings. The largest absolute Gasteiger partial charge is 0.479 e. The second kappa shape index (κ2) is 7.71. The Morgan fingerprint density at radius 3 is 1.39 bits per heavy atom. The molecule has 1 amide bonds. The zero-order valence-electron chi connectivity index (χ0n) is 15.2. The highest BCUT2D eigenvalue weighted by atomic mass is 16.4. The maximum Gasteiger partial charge on any atom is 0.348 e. The first-order valence-corrected chi connectivity index (χ1v) is 8.18. The maximum atomic E-state index is 13.0. The summed E-state index contributed by atoms with van der Waals surface area (Å²) in [6, 6.07) is 13.6. The molecule has 3 N–H and O–H groups in total. The summed E-state index contributed by atoms with van der Waals surface area (Å²) in [5, 5.41) is 31.7. The number of carboxylic acids is 1. The number of aliphatic hydroxyl groups is 2. The smallest absolute Gasteiger partial charge is 0.348 e. The number of carbonyl (C=O) groups is 4. The van der Waals surface area contributed by atoms with Crippen molar-refractivity contribution in [3.05, 3.63) is 71.8 Å². The first kappa shape index (κ1) is 20.9. The predicted molar refractivity (Wildman–Crippen MR) is 97.8 cm³/mol. The van der Waals surface area contributed by atoms with Gasteiger partial charge in [-0.2, -0.15) is 0 Å². The lowest BCUT2D eigenvalue weighted by molar-refractivity contribution is -0.182. The van der Waals surface area contributed by atoms with Crippen molar-refractivity contribution in [2.45, 2.75) is 11.2 Å². The lowest BCUT2D eigenvalue weighted by Gasteiger charge is -2.38. The minimum absolute atomic E-state index is 0.249. The molecular formula is C20H19NO7. The van der Waals surface area contributed by atoms with Gasteiger partial charge in [-0.05, 0) is 0 Å². The second-order valence-corrected chi connectivity index (χ2v) is 6.32. The predicted octanol–water partition coefficient (Wildman–Crippen LogP) is 0.387. The lowest BCUT2D eigenvalue weighted by Crippen LogP contribution is -2.73. The molecule has 146 valence electrons. The highest BCUT2D eigenvalue weighted by molar-refractivity contribution is 6.29. The molecule has 0 bridgehead atoms. The monoisotopic (exact) mass is 385 g/mol. The number of hydrogen-bond acceptors (Lipinski definition) is 6. The fourth-order valence-electron chi connectivity index (χ4n) is 2.75. The van der Waals surface area contributed by atoms with Crippen LogP contribution in [-0.2, 0) is 9.59 Å². The molecule has 0 spiro atoms. The standard InChI is InChI=1S/C20H19NO7/c1-21(2)17(24)19(27,15(22)13-9-5-3-6-10-13)20(28,18(25)26)16(23)14-11-7-4-8-12-14/h3-12,27-28H,1-2H3,(H,25,26)/t19-,20-/m0/s1. The van der Waals surface area contributed by atoms with Gasteiger partial charge in [-0.3, -0.25) is 14.4 Å². The van der Waals surface area contributed by atoms with Crippen molar-refractivity contribution in [2.24, 2.45) is 0 Å². The van der Waals surface area contributed by atoms with Crippen LogP contribution in [0.15, 0.2) is 60.7 Å². The molecule has 8 heteroatoms. The average molecular weight is 385 g/mol. The quantitative estimate of drug-likeness (QED) is 0.464. The van der Waals surface area contributed by atoms with Gasteiger partial charge < -0.3 is 20.2 Å². The van der Waals surface area contributed by atoms with E-state index in [0.717, 1.165) is 19.0 Å². The van der Waals surface area contributed by atoms with E-state index in [0.29, 0.717) is 0 Å². The number of carbonyl (C=O) groups excluding carboxylic acids is 3. The van der Waals surface area contributed by atoms with Crippen LogP contribution in [0.4, 0.5) is 0 Å². The molecule has 28 heavy (non-hydrogen) atoms. The van der Waals surface area contributed by atoms with E-state index in [-0.39, 0.29) is 11.1 Å². The van der Waals surface area contributed by atoms with E-state index in [1.165, 1.54) is 48.5 Å². The Labute approximate surface area is 160 Å². The van der Waals surface area contributed by atoms with Gasteiger partial charge in [0.25, 0.3) is 17.1 Å². The Morgan fingerprint density at radius 1 is 0.714 bits per heavy atom. The molecule has 8 nitrogen and oxygen atoms in total. The number of nitrogens with zero attached hydrogens (tertiary/aromatic N) is 1. The number of rotatable bonds is 7. The van der Waals surface area contributed by atoms with E-state index < -0.39 is 34.6 Å². The molecule has 0 unspecified atom stereocenters.